The lowest BCUT2D eigenvalue weighted by molar-refractivity contribution is -0.154. The van der Waals surface area contributed by atoms with Gasteiger partial charge in [-0.25, -0.2) is 9.97 Å². The Morgan fingerprint density at radius 1 is 1.05 bits per heavy atom. The van der Waals surface area contributed by atoms with Crippen LogP contribution >= 0.6 is 31.9 Å². The molecule has 224 valence electrons. The Morgan fingerprint density at radius 3 is 2.45 bits per heavy atom. The number of carbonyl (C=O) groups is 2. The van der Waals surface area contributed by atoms with Gasteiger partial charge in [0.25, 0.3) is 5.56 Å². The van der Waals surface area contributed by atoms with E-state index in [0.29, 0.717) is 37.5 Å². The molecule has 0 bridgehead atoms. The number of anilines is 1. The number of nitrogens with zero attached hydrogens (tertiary/aromatic N) is 5. The summed E-state index contributed by atoms with van der Waals surface area (Å²) in [7, 11) is 0. The van der Waals surface area contributed by atoms with Gasteiger partial charge >= 0.3 is 5.97 Å². The second-order valence-electron chi connectivity index (χ2n) is 11.1. The van der Waals surface area contributed by atoms with Gasteiger partial charge in [0.05, 0.1) is 18.8 Å². The molecule has 4 aliphatic rings. The first kappa shape index (κ1) is 30.8. The number of carbonyl (C=O) groups excluding carboxylic acids is 2. The summed E-state index contributed by atoms with van der Waals surface area (Å²) >= 11 is 6.67. The molecule has 3 aromatic rings. The van der Waals surface area contributed by atoms with Crippen molar-refractivity contribution in [2.75, 3.05) is 32.0 Å². The number of nitrogen functional groups attached to an aromatic ring is 1. The zero-order chi connectivity index (χ0) is 29.8. The van der Waals surface area contributed by atoms with Gasteiger partial charge in [-0.1, -0.05) is 31.9 Å². The van der Waals surface area contributed by atoms with Gasteiger partial charge < -0.3 is 10.5 Å². The average Bonchev–Trinajstić information content (AvgIpc) is 3.61. The fourth-order valence-corrected chi connectivity index (χ4v) is 6.95. The van der Waals surface area contributed by atoms with Gasteiger partial charge in [-0.3, -0.25) is 28.6 Å². The molecule has 3 unspecified atom stereocenters. The third-order valence-corrected chi connectivity index (χ3v) is 9.32. The lowest BCUT2D eigenvalue weighted by atomic mass is 9.90. The van der Waals surface area contributed by atoms with E-state index in [1.54, 1.807) is 29.8 Å². The molecule has 7 rings (SSSR count). The molecule has 0 aliphatic carbocycles. The van der Waals surface area contributed by atoms with Gasteiger partial charge in [0.15, 0.2) is 5.78 Å². The highest BCUT2D eigenvalue weighted by molar-refractivity contribution is 9.10. The largest absolute Gasteiger partial charge is 0.465 e. The number of rotatable bonds is 2. The Balaban J connectivity index is 0.000000137. The fraction of sp³-hybridized carbons (Fsp3) is 0.500. The van der Waals surface area contributed by atoms with Crippen LogP contribution in [0.15, 0.2) is 50.4 Å². The highest BCUT2D eigenvalue weighted by Gasteiger charge is 2.40. The van der Waals surface area contributed by atoms with Gasteiger partial charge in [-0.15, -0.1) is 0 Å². The van der Waals surface area contributed by atoms with Crippen molar-refractivity contribution in [3.05, 3.63) is 67.2 Å². The smallest absolute Gasteiger partial charge is 0.316 e. The number of hydrogen-bond donors (Lipinski definition) is 1. The molecule has 3 atom stereocenters. The normalized spacial score (nSPS) is 23.1. The molecule has 3 saturated heterocycles. The summed E-state index contributed by atoms with van der Waals surface area (Å²) in [6.45, 7) is 5.55. The number of fused-ring (bicyclic) bond motifs is 4. The average molecular weight is 704 g/mol. The second kappa shape index (κ2) is 13.7. The lowest BCUT2D eigenvalue weighted by Gasteiger charge is -2.32. The Bertz CT molecular complexity index is 1500. The molecule has 0 aromatic carbocycles. The van der Waals surface area contributed by atoms with E-state index in [1.165, 1.54) is 12.8 Å². The zero-order valence-electron chi connectivity index (χ0n) is 23.7. The van der Waals surface area contributed by atoms with Crippen molar-refractivity contribution in [1.29, 1.82) is 0 Å². The number of ketones is 1. The predicted molar refractivity (Wildman–Crippen MR) is 167 cm³/mol. The van der Waals surface area contributed by atoms with Crippen LogP contribution in [0.5, 0.6) is 0 Å². The van der Waals surface area contributed by atoms with Crippen LogP contribution in [0, 0.1) is 5.92 Å². The molecule has 7 heterocycles. The molecule has 0 saturated carbocycles. The summed E-state index contributed by atoms with van der Waals surface area (Å²) in [5.41, 5.74) is 8.05. The molecule has 2 N–H and O–H groups in total. The summed E-state index contributed by atoms with van der Waals surface area (Å²) in [6, 6.07) is 8.34. The Morgan fingerprint density at radius 2 is 1.76 bits per heavy atom. The van der Waals surface area contributed by atoms with Crippen LogP contribution in [-0.2, 0) is 27.3 Å². The van der Waals surface area contributed by atoms with Crippen molar-refractivity contribution in [3.8, 4) is 0 Å². The second-order valence-corrected chi connectivity index (χ2v) is 12.9. The quantitative estimate of drug-likeness (QED) is 0.312. The first-order chi connectivity index (χ1) is 20.2. The summed E-state index contributed by atoms with van der Waals surface area (Å²) in [5, 5.41) is 0. The molecule has 0 amide bonds. The number of pyridine rings is 2. The highest BCUT2D eigenvalue weighted by atomic mass is 79.9. The monoisotopic (exact) mass is 702 g/mol. The number of hydrogen-bond acceptors (Lipinski definition) is 9. The summed E-state index contributed by atoms with van der Waals surface area (Å²) in [4.78, 5) is 48.9. The molecule has 3 fully saturated rings. The van der Waals surface area contributed by atoms with Crippen molar-refractivity contribution in [1.82, 2.24) is 24.2 Å². The van der Waals surface area contributed by atoms with E-state index in [9.17, 15) is 14.4 Å². The molecular weight excluding hydrogens is 668 g/mol. The molecule has 12 heteroatoms. The first-order valence-electron chi connectivity index (χ1n) is 14.5. The van der Waals surface area contributed by atoms with Crippen molar-refractivity contribution in [2.24, 2.45) is 5.92 Å². The predicted octanol–water partition coefficient (Wildman–Crippen LogP) is 4.01. The minimum Gasteiger partial charge on any atom is -0.465 e. The third kappa shape index (κ3) is 7.10. The van der Waals surface area contributed by atoms with Crippen molar-refractivity contribution in [2.45, 2.75) is 64.1 Å². The number of nitrogens with two attached hydrogens (primary N) is 1. The molecule has 3 aromatic heterocycles. The maximum atomic E-state index is 12.6. The van der Waals surface area contributed by atoms with E-state index in [-0.39, 0.29) is 17.3 Å². The van der Waals surface area contributed by atoms with Crippen LogP contribution in [0.2, 0.25) is 0 Å². The standard InChI is InChI=1S/C14H14BrN3O.C11H17NO3.C5H5BrN2/c15-9-3-5-18-13(6-9)16-12-8-17-4-1-2-10(17)7-11(12)14(18)19;1-2-15-11(14)9-6-8-4-3-5-12(8)7-10(9)13;6-4-1-2-8-5(7)3-4/h3,5-6,10H,1-2,4,7-8H2;8-9H,2-7H2,1H3;1-3H,(H2,7,8). The third-order valence-electron chi connectivity index (χ3n) is 8.33. The summed E-state index contributed by atoms with van der Waals surface area (Å²) in [6.07, 6.45) is 9.69. The minimum absolute atomic E-state index is 0.0339. The van der Waals surface area contributed by atoms with Crippen LogP contribution in [0.4, 0.5) is 5.82 Å². The van der Waals surface area contributed by atoms with E-state index in [0.717, 1.165) is 64.7 Å². The Hall–Kier alpha value is -2.67. The van der Waals surface area contributed by atoms with E-state index in [1.807, 2.05) is 18.2 Å². The van der Waals surface area contributed by atoms with Gasteiger partial charge in [-0.05, 0) is 82.8 Å². The molecule has 0 radical (unpaired) electrons. The Labute approximate surface area is 261 Å². The number of aromatic nitrogens is 3. The van der Waals surface area contributed by atoms with Gasteiger partial charge in [0.2, 0.25) is 0 Å². The SMILES string of the molecule is CCOC(=O)C1CC2CCCN2CC1=O.Nc1cc(Br)ccn1.O=c1c2c(nc3cc(Br)ccn13)CN1CCCC1C2. The number of Topliss-reactive ketones (excluding diaryl/α,β-unsaturated/α-hetero) is 1. The lowest BCUT2D eigenvalue weighted by Crippen LogP contribution is -2.47. The van der Waals surface area contributed by atoms with Gasteiger partial charge in [0, 0.05) is 45.5 Å². The number of ether oxygens (including phenoxy) is 1. The van der Waals surface area contributed by atoms with E-state index in [4.69, 9.17) is 10.5 Å². The van der Waals surface area contributed by atoms with Crippen LogP contribution in [0.3, 0.4) is 0 Å². The van der Waals surface area contributed by atoms with Gasteiger partial charge in [0.1, 0.15) is 17.4 Å². The summed E-state index contributed by atoms with van der Waals surface area (Å²) in [5.74, 6) is -0.246. The number of halogens is 2. The summed E-state index contributed by atoms with van der Waals surface area (Å²) < 4.78 is 8.50. The van der Waals surface area contributed by atoms with Crippen molar-refractivity contribution >= 4 is 55.1 Å². The maximum absolute atomic E-state index is 12.6. The molecule has 0 spiro atoms. The van der Waals surface area contributed by atoms with Crippen LogP contribution < -0.4 is 11.3 Å². The van der Waals surface area contributed by atoms with Crippen molar-refractivity contribution < 1.29 is 14.3 Å². The molecule has 42 heavy (non-hydrogen) atoms. The highest BCUT2D eigenvalue weighted by Crippen LogP contribution is 2.30. The molecule has 4 aliphatic heterocycles. The van der Waals surface area contributed by atoms with E-state index in [2.05, 4.69) is 51.6 Å². The van der Waals surface area contributed by atoms with Crippen LogP contribution in [0.25, 0.3) is 5.65 Å². The van der Waals surface area contributed by atoms with Crippen molar-refractivity contribution in [3.63, 3.8) is 0 Å². The topological polar surface area (TPSA) is 123 Å². The molecule has 10 nitrogen and oxygen atoms in total. The Kier molecular flexibility index (Phi) is 10.1. The number of esters is 1. The zero-order valence-corrected chi connectivity index (χ0v) is 26.8. The molecular formula is C30H36Br2N6O4. The number of piperidine rings is 1. The van der Waals surface area contributed by atoms with Crippen LogP contribution in [-0.4, -0.2) is 74.2 Å². The fourth-order valence-electron chi connectivity index (χ4n) is 6.27. The van der Waals surface area contributed by atoms with E-state index >= 15 is 0 Å². The first-order valence-corrected chi connectivity index (χ1v) is 16.1. The minimum atomic E-state index is -0.496. The maximum Gasteiger partial charge on any atom is 0.316 e. The van der Waals surface area contributed by atoms with E-state index < -0.39 is 5.92 Å². The van der Waals surface area contributed by atoms with Crippen LogP contribution in [0.1, 0.15) is 50.3 Å². The van der Waals surface area contributed by atoms with Gasteiger partial charge in [-0.2, -0.15) is 0 Å².